The van der Waals surface area contributed by atoms with Crippen molar-refractivity contribution in [3.05, 3.63) is 84.1 Å². The van der Waals surface area contributed by atoms with Gasteiger partial charge in [0, 0.05) is 11.8 Å². The first-order valence-corrected chi connectivity index (χ1v) is 7.20. The average Bonchev–Trinajstić information content (AvgIpc) is 3.06. The molecule has 4 aromatic rings. The summed E-state index contributed by atoms with van der Waals surface area (Å²) < 4.78 is 1.60. The third-order valence-electron chi connectivity index (χ3n) is 3.62. The van der Waals surface area contributed by atoms with Crippen molar-refractivity contribution < 1.29 is 4.79 Å². The van der Waals surface area contributed by atoms with Crippen LogP contribution in [0, 0.1) is 0 Å². The maximum absolute atomic E-state index is 12.8. The molecule has 0 atom stereocenters. The van der Waals surface area contributed by atoms with E-state index in [0.29, 0.717) is 16.9 Å². The molecule has 5 nitrogen and oxygen atoms in total. The van der Waals surface area contributed by atoms with Gasteiger partial charge in [-0.25, -0.2) is 4.98 Å². The molecule has 0 amide bonds. The Kier molecular flexibility index (Phi) is 3.16. The van der Waals surface area contributed by atoms with Crippen LogP contribution in [0.5, 0.6) is 0 Å². The molecule has 2 aromatic heterocycles. The summed E-state index contributed by atoms with van der Waals surface area (Å²) in [6.45, 7) is 0. The van der Waals surface area contributed by atoms with Gasteiger partial charge < -0.3 is 0 Å². The molecule has 0 N–H and O–H groups in total. The second-order valence-electron chi connectivity index (χ2n) is 5.06. The van der Waals surface area contributed by atoms with Crippen LogP contribution in [0.25, 0.3) is 16.9 Å². The summed E-state index contributed by atoms with van der Waals surface area (Å²) in [5.74, 6) is 0.392. The molecule has 0 aliphatic heterocycles. The molecule has 2 heterocycles. The molecule has 0 bridgehead atoms. The molecule has 0 unspecified atom stereocenters. The van der Waals surface area contributed by atoms with E-state index < -0.39 is 0 Å². The molecule has 0 aliphatic carbocycles. The highest BCUT2D eigenvalue weighted by Crippen LogP contribution is 2.19. The number of rotatable bonds is 3. The first-order valence-electron chi connectivity index (χ1n) is 7.20. The first-order chi connectivity index (χ1) is 11.3. The molecule has 110 valence electrons. The monoisotopic (exact) mass is 300 g/mol. The lowest BCUT2D eigenvalue weighted by Crippen LogP contribution is -2.10. The summed E-state index contributed by atoms with van der Waals surface area (Å²) in [6.07, 6.45) is 1.65. The predicted octanol–water partition coefficient (Wildman–Crippen LogP) is 3.05. The minimum Gasteiger partial charge on any atom is -0.288 e. The van der Waals surface area contributed by atoms with E-state index in [-0.39, 0.29) is 5.78 Å². The lowest BCUT2D eigenvalue weighted by molar-refractivity contribution is 0.103. The normalized spacial score (nSPS) is 10.8. The average molecular weight is 300 g/mol. The van der Waals surface area contributed by atoms with Gasteiger partial charge in [-0.3, -0.25) is 4.79 Å². The van der Waals surface area contributed by atoms with Crippen LogP contribution in [0.3, 0.4) is 0 Å². The van der Waals surface area contributed by atoms with Gasteiger partial charge in [-0.15, -0.1) is 5.10 Å². The van der Waals surface area contributed by atoms with E-state index in [4.69, 9.17) is 0 Å². The number of pyridine rings is 1. The van der Waals surface area contributed by atoms with Gasteiger partial charge >= 0.3 is 0 Å². The quantitative estimate of drug-likeness (QED) is 0.546. The maximum atomic E-state index is 12.8. The summed E-state index contributed by atoms with van der Waals surface area (Å²) in [5, 5.41) is 8.28. The zero-order valence-corrected chi connectivity index (χ0v) is 12.1. The lowest BCUT2D eigenvalue weighted by Gasteiger charge is -2.07. The lowest BCUT2D eigenvalue weighted by atomic mass is 10.0. The summed E-state index contributed by atoms with van der Waals surface area (Å²) in [5.41, 5.74) is 2.69. The van der Waals surface area contributed by atoms with E-state index in [2.05, 4.69) is 15.3 Å². The Bertz CT molecular complexity index is 992. The Hall–Kier alpha value is -3.34. The van der Waals surface area contributed by atoms with E-state index >= 15 is 0 Å². The Morgan fingerprint density at radius 1 is 0.870 bits per heavy atom. The second-order valence-corrected chi connectivity index (χ2v) is 5.06. The highest BCUT2D eigenvalue weighted by Gasteiger charge is 2.17. The highest BCUT2D eigenvalue weighted by atomic mass is 16.1. The first kappa shape index (κ1) is 13.3. The van der Waals surface area contributed by atoms with Crippen LogP contribution in [0.4, 0.5) is 0 Å². The standard InChI is InChI=1S/C18H12N4O/c23-17(13-7-2-1-3-8-13)14-9-6-12-19-18(14)22-16-11-5-4-10-15(16)20-21-22/h1-12H. The Labute approximate surface area is 132 Å². The van der Waals surface area contributed by atoms with Crippen LogP contribution >= 0.6 is 0 Å². The van der Waals surface area contributed by atoms with Crippen LogP contribution in [0.15, 0.2) is 72.9 Å². The van der Waals surface area contributed by atoms with E-state index in [1.807, 2.05) is 42.5 Å². The number of carbonyl (C=O) groups is 1. The highest BCUT2D eigenvalue weighted by molar-refractivity contribution is 6.11. The van der Waals surface area contributed by atoms with Crippen LogP contribution in [-0.4, -0.2) is 25.8 Å². The molecule has 23 heavy (non-hydrogen) atoms. The summed E-state index contributed by atoms with van der Waals surface area (Å²) >= 11 is 0. The van der Waals surface area contributed by atoms with Crippen LogP contribution in [0.2, 0.25) is 0 Å². The fraction of sp³-hybridized carbons (Fsp3) is 0. The van der Waals surface area contributed by atoms with Crippen LogP contribution in [-0.2, 0) is 0 Å². The van der Waals surface area contributed by atoms with Crippen molar-refractivity contribution in [3.8, 4) is 5.82 Å². The third kappa shape index (κ3) is 2.28. The number of aromatic nitrogens is 4. The summed E-state index contributed by atoms with van der Waals surface area (Å²) in [4.78, 5) is 17.2. The third-order valence-corrected chi connectivity index (χ3v) is 3.62. The maximum Gasteiger partial charge on any atom is 0.196 e. The van der Waals surface area contributed by atoms with E-state index in [0.717, 1.165) is 11.0 Å². The van der Waals surface area contributed by atoms with Gasteiger partial charge in [0.2, 0.25) is 0 Å². The molecular formula is C18H12N4O. The number of benzene rings is 2. The smallest absolute Gasteiger partial charge is 0.196 e. The number of para-hydroxylation sites is 1. The fourth-order valence-corrected chi connectivity index (χ4v) is 2.51. The molecule has 5 heteroatoms. The Balaban J connectivity index is 1.90. The zero-order chi connectivity index (χ0) is 15.6. The van der Waals surface area contributed by atoms with Crippen molar-refractivity contribution in [2.75, 3.05) is 0 Å². The van der Waals surface area contributed by atoms with Gasteiger partial charge in [-0.05, 0) is 24.3 Å². The SMILES string of the molecule is O=C(c1ccccc1)c1cccnc1-n1nnc2ccccc21. The molecular weight excluding hydrogens is 288 g/mol. The van der Waals surface area contributed by atoms with Gasteiger partial charge in [-0.2, -0.15) is 4.68 Å². The Morgan fingerprint density at radius 3 is 2.52 bits per heavy atom. The van der Waals surface area contributed by atoms with E-state index in [1.165, 1.54) is 0 Å². The summed E-state index contributed by atoms with van der Waals surface area (Å²) in [7, 11) is 0. The molecule has 0 fully saturated rings. The molecule has 0 spiro atoms. The number of carbonyl (C=O) groups excluding carboxylic acids is 1. The van der Waals surface area contributed by atoms with Crippen molar-refractivity contribution in [1.82, 2.24) is 20.0 Å². The van der Waals surface area contributed by atoms with E-state index in [9.17, 15) is 4.79 Å². The Morgan fingerprint density at radius 2 is 1.65 bits per heavy atom. The molecule has 4 rings (SSSR count). The minimum atomic E-state index is -0.0896. The van der Waals surface area contributed by atoms with Gasteiger partial charge in [0.05, 0.1) is 11.1 Å². The van der Waals surface area contributed by atoms with Crippen molar-refractivity contribution in [1.29, 1.82) is 0 Å². The van der Waals surface area contributed by atoms with Crippen LogP contribution < -0.4 is 0 Å². The largest absolute Gasteiger partial charge is 0.288 e. The molecule has 0 radical (unpaired) electrons. The van der Waals surface area contributed by atoms with Crippen molar-refractivity contribution in [2.24, 2.45) is 0 Å². The topological polar surface area (TPSA) is 60.7 Å². The van der Waals surface area contributed by atoms with Crippen LogP contribution in [0.1, 0.15) is 15.9 Å². The second kappa shape index (κ2) is 5.46. The molecule has 0 aliphatic rings. The number of fused-ring (bicyclic) bond motifs is 1. The van der Waals surface area contributed by atoms with Gasteiger partial charge in [0.1, 0.15) is 5.52 Å². The predicted molar refractivity (Wildman–Crippen MR) is 86.5 cm³/mol. The molecule has 0 saturated heterocycles. The summed E-state index contributed by atoms with van der Waals surface area (Å²) in [6, 6.07) is 20.2. The fourth-order valence-electron chi connectivity index (χ4n) is 2.51. The number of ketones is 1. The van der Waals surface area contributed by atoms with Gasteiger partial charge in [-0.1, -0.05) is 47.7 Å². The van der Waals surface area contributed by atoms with Crippen molar-refractivity contribution in [2.45, 2.75) is 0 Å². The molecule has 2 aromatic carbocycles. The van der Waals surface area contributed by atoms with Gasteiger partial charge in [0.15, 0.2) is 11.6 Å². The van der Waals surface area contributed by atoms with Crippen molar-refractivity contribution in [3.63, 3.8) is 0 Å². The molecule has 0 saturated carbocycles. The van der Waals surface area contributed by atoms with Crippen molar-refractivity contribution >= 4 is 16.8 Å². The number of nitrogens with zero attached hydrogens (tertiary/aromatic N) is 4. The van der Waals surface area contributed by atoms with E-state index in [1.54, 1.807) is 35.1 Å². The number of hydrogen-bond acceptors (Lipinski definition) is 4. The van der Waals surface area contributed by atoms with Gasteiger partial charge in [0.25, 0.3) is 0 Å². The minimum absolute atomic E-state index is 0.0896. The zero-order valence-electron chi connectivity index (χ0n) is 12.1. The number of hydrogen-bond donors (Lipinski definition) is 0.